The summed E-state index contributed by atoms with van der Waals surface area (Å²) in [5, 5.41) is 0. The smallest absolute Gasteiger partial charge is 0.126 e. The molecule has 1 heterocycles. The topological polar surface area (TPSA) is 39.2 Å². The first-order valence-electron chi connectivity index (χ1n) is 5.01. The number of furan rings is 1. The molecule has 76 valence electrons. The van der Waals surface area contributed by atoms with Crippen molar-refractivity contribution in [2.45, 2.75) is 26.8 Å². The van der Waals surface area contributed by atoms with Crippen LogP contribution < -0.4 is 5.73 Å². The first-order valence-corrected chi connectivity index (χ1v) is 5.01. The van der Waals surface area contributed by atoms with Gasteiger partial charge in [0.15, 0.2) is 0 Å². The number of nitrogens with two attached hydrogens (primary N) is 1. The number of rotatable bonds is 2. The van der Waals surface area contributed by atoms with E-state index in [1.807, 2.05) is 12.1 Å². The van der Waals surface area contributed by atoms with Gasteiger partial charge in [-0.05, 0) is 30.5 Å². The molecular formula is C12H17NO. The molecule has 2 N–H and O–H groups in total. The van der Waals surface area contributed by atoms with Crippen LogP contribution in [0, 0.1) is 11.3 Å². The fourth-order valence-electron chi connectivity index (χ4n) is 2.24. The Morgan fingerprint density at radius 1 is 1.57 bits per heavy atom. The Morgan fingerprint density at radius 2 is 2.21 bits per heavy atom. The molecule has 1 fully saturated rings. The highest BCUT2D eigenvalue weighted by Crippen LogP contribution is 2.54. The second-order valence-corrected chi connectivity index (χ2v) is 4.73. The average molecular weight is 191 g/mol. The minimum atomic E-state index is 0.257. The van der Waals surface area contributed by atoms with E-state index in [2.05, 4.69) is 26.8 Å². The Bertz CT molecular complexity index is 348. The zero-order valence-corrected chi connectivity index (χ0v) is 8.95. The van der Waals surface area contributed by atoms with Crippen molar-refractivity contribution in [2.75, 3.05) is 0 Å². The van der Waals surface area contributed by atoms with Crippen molar-refractivity contribution in [3.05, 3.63) is 29.7 Å². The SMILES string of the molecule is C/C(=C\c1ccco1)C1C(N)C1(C)C. The molecule has 0 amide bonds. The molecule has 0 spiro atoms. The lowest BCUT2D eigenvalue weighted by atomic mass is 10.0. The van der Waals surface area contributed by atoms with Crippen molar-refractivity contribution in [1.82, 2.24) is 0 Å². The maximum atomic E-state index is 6.00. The lowest BCUT2D eigenvalue weighted by Gasteiger charge is -2.01. The molecule has 0 aromatic carbocycles. The molecule has 2 unspecified atom stereocenters. The summed E-state index contributed by atoms with van der Waals surface area (Å²) in [5.41, 5.74) is 7.58. The molecule has 2 heteroatoms. The lowest BCUT2D eigenvalue weighted by Crippen LogP contribution is -2.06. The van der Waals surface area contributed by atoms with Crippen LogP contribution in [0.5, 0.6) is 0 Å². The van der Waals surface area contributed by atoms with E-state index in [1.54, 1.807) is 6.26 Å². The van der Waals surface area contributed by atoms with Gasteiger partial charge >= 0.3 is 0 Å². The van der Waals surface area contributed by atoms with Crippen molar-refractivity contribution in [3.8, 4) is 0 Å². The van der Waals surface area contributed by atoms with Crippen LogP contribution in [0.4, 0.5) is 0 Å². The molecule has 0 aliphatic heterocycles. The third-order valence-corrected chi connectivity index (χ3v) is 3.31. The van der Waals surface area contributed by atoms with Crippen molar-refractivity contribution in [3.63, 3.8) is 0 Å². The molecule has 1 aromatic heterocycles. The Morgan fingerprint density at radius 3 is 2.64 bits per heavy atom. The first kappa shape index (κ1) is 9.53. The Hall–Kier alpha value is -1.02. The first-order chi connectivity index (χ1) is 6.53. The van der Waals surface area contributed by atoms with Gasteiger partial charge in [0.25, 0.3) is 0 Å². The van der Waals surface area contributed by atoms with Crippen LogP contribution in [-0.4, -0.2) is 6.04 Å². The largest absolute Gasteiger partial charge is 0.465 e. The van der Waals surface area contributed by atoms with E-state index in [0.29, 0.717) is 12.0 Å². The second-order valence-electron chi connectivity index (χ2n) is 4.73. The average Bonchev–Trinajstić information content (AvgIpc) is 2.55. The predicted molar refractivity (Wildman–Crippen MR) is 57.6 cm³/mol. The Labute approximate surface area is 84.8 Å². The molecule has 1 aromatic rings. The molecule has 2 nitrogen and oxygen atoms in total. The van der Waals surface area contributed by atoms with Crippen molar-refractivity contribution in [2.24, 2.45) is 17.1 Å². The second kappa shape index (κ2) is 2.99. The van der Waals surface area contributed by atoms with Gasteiger partial charge in [-0.15, -0.1) is 0 Å². The molecule has 0 radical (unpaired) electrons. The Kier molecular flexibility index (Phi) is 2.04. The number of hydrogen-bond donors (Lipinski definition) is 1. The molecular weight excluding hydrogens is 174 g/mol. The predicted octanol–water partition coefficient (Wildman–Crippen LogP) is 2.67. The van der Waals surface area contributed by atoms with Crippen LogP contribution in [0.1, 0.15) is 26.5 Å². The Balaban J connectivity index is 2.15. The highest BCUT2D eigenvalue weighted by molar-refractivity contribution is 5.50. The van der Waals surface area contributed by atoms with Crippen LogP contribution in [-0.2, 0) is 0 Å². The number of hydrogen-bond acceptors (Lipinski definition) is 2. The standard InChI is InChI=1S/C12H17NO/c1-8(7-9-5-4-6-14-9)10-11(13)12(10,2)3/h4-7,10-11H,13H2,1-3H3/b8-7+. The van der Waals surface area contributed by atoms with Gasteiger partial charge in [-0.3, -0.25) is 0 Å². The normalized spacial score (nSPS) is 30.4. The summed E-state index contributed by atoms with van der Waals surface area (Å²) < 4.78 is 5.27. The maximum Gasteiger partial charge on any atom is 0.126 e. The monoisotopic (exact) mass is 191 g/mol. The highest BCUT2D eigenvalue weighted by Gasteiger charge is 2.55. The zero-order valence-electron chi connectivity index (χ0n) is 8.95. The van der Waals surface area contributed by atoms with Crippen LogP contribution in [0.3, 0.4) is 0 Å². The summed E-state index contributed by atoms with van der Waals surface area (Å²) in [6.07, 6.45) is 3.77. The van der Waals surface area contributed by atoms with Gasteiger partial charge in [0.05, 0.1) is 6.26 Å². The van der Waals surface area contributed by atoms with Gasteiger partial charge in [0, 0.05) is 12.0 Å². The van der Waals surface area contributed by atoms with Crippen molar-refractivity contribution in [1.29, 1.82) is 0 Å². The van der Waals surface area contributed by atoms with Gasteiger partial charge in [0.1, 0.15) is 5.76 Å². The van der Waals surface area contributed by atoms with E-state index in [0.717, 1.165) is 5.76 Å². The van der Waals surface area contributed by atoms with Crippen molar-refractivity contribution >= 4 is 6.08 Å². The van der Waals surface area contributed by atoms with E-state index < -0.39 is 0 Å². The van der Waals surface area contributed by atoms with Crippen LogP contribution in [0.2, 0.25) is 0 Å². The summed E-state index contributed by atoms with van der Waals surface area (Å²) in [6.45, 7) is 6.55. The van der Waals surface area contributed by atoms with Crippen molar-refractivity contribution < 1.29 is 4.42 Å². The lowest BCUT2D eigenvalue weighted by molar-refractivity contribution is 0.554. The maximum absolute atomic E-state index is 6.00. The summed E-state index contributed by atoms with van der Waals surface area (Å²) in [5.74, 6) is 1.42. The van der Waals surface area contributed by atoms with Gasteiger partial charge in [-0.25, -0.2) is 0 Å². The molecule has 2 rings (SSSR count). The summed E-state index contributed by atoms with van der Waals surface area (Å²) >= 11 is 0. The van der Waals surface area contributed by atoms with E-state index in [-0.39, 0.29) is 5.41 Å². The quantitative estimate of drug-likeness (QED) is 0.780. The van der Waals surface area contributed by atoms with Gasteiger partial charge in [0.2, 0.25) is 0 Å². The minimum absolute atomic E-state index is 0.257. The van der Waals surface area contributed by atoms with Gasteiger partial charge in [-0.1, -0.05) is 19.4 Å². The molecule has 0 saturated heterocycles. The summed E-state index contributed by atoms with van der Waals surface area (Å²) in [7, 11) is 0. The van der Waals surface area contributed by atoms with E-state index in [1.165, 1.54) is 5.57 Å². The summed E-state index contributed by atoms with van der Waals surface area (Å²) in [6, 6.07) is 4.16. The molecule has 1 aliphatic carbocycles. The van der Waals surface area contributed by atoms with Crippen LogP contribution in [0.15, 0.2) is 28.4 Å². The third-order valence-electron chi connectivity index (χ3n) is 3.31. The summed E-state index contributed by atoms with van der Waals surface area (Å²) in [4.78, 5) is 0. The van der Waals surface area contributed by atoms with E-state index >= 15 is 0 Å². The van der Waals surface area contributed by atoms with Gasteiger partial charge < -0.3 is 10.2 Å². The van der Waals surface area contributed by atoms with Crippen LogP contribution >= 0.6 is 0 Å². The van der Waals surface area contributed by atoms with Crippen LogP contribution in [0.25, 0.3) is 6.08 Å². The molecule has 14 heavy (non-hydrogen) atoms. The highest BCUT2D eigenvalue weighted by atomic mass is 16.3. The zero-order chi connectivity index (χ0) is 10.3. The van der Waals surface area contributed by atoms with Gasteiger partial charge in [-0.2, -0.15) is 0 Å². The third kappa shape index (κ3) is 1.40. The molecule has 1 aliphatic rings. The fourth-order valence-corrected chi connectivity index (χ4v) is 2.24. The molecule has 1 saturated carbocycles. The van der Waals surface area contributed by atoms with E-state index in [4.69, 9.17) is 10.2 Å². The minimum Gasteiger partial charge on any atom is -0.465 e. The molecule has 2 atom stereocenters. The fraction of sp³-hybridized carbons (Fsp3) is 0.500. The molecule has 0 bridgehead atoms. The van der Waals surface area contributed by atoms with E-state index in [9.17, 15) is 0 Å².